The molecule has 1 saturated carbocycles. The van der Waals surface area contributed by atoms with Gasteiger partial charge in [-0.2, -0.15) is 0 Å². The van der Waals surface area contributed by atoms with Crippen molar-refractivity contribution in [2.24, 2.45) is 11.7 Å². The van der Waals surface area contributed by atoms with E-state index in [9.17, 15) is 4.79 Å². The second-order valence-corrected chi connectivity index (χ2v) is 5.85. The monoisotopic (exact) mass is 280 g/mol. The summed E-state index contributed by atoms with van der Waals surface area (Å²) in [5.74, 6) is 0.670. The standard InChI is InChI=1S/C13H20N4OS/c1-3-16-13(11(14)18,10-4-5-10)8-19-12-15-7-6-9(2)17-12/h6-7,10,16H,3-5,8H2,1-2H3,(H2,14,18). The maximum atomic E-state index is 11.9. The van der Waals surface area contributed by atoms with Crippen molar-refractivity contribution in [3.8, 4) is 0 Å². The van der Waals surface area contributed by atoms with E-state index in [0.717, 1.165) is 25.1 Å². The lowest BCUT2D eigenvalue weighted by atomic mass is 9.94. The number of aromatic nitrogens is 2. The number of hydrogen-bond donors (Lipinski definition) is 2. The summed E-state index contributed by atoms with van der Waals surface area (Å²) < 4.78 is 0. The van der Waals surface area contributed by atoms with Crippen LogP contribution in [-0.2, 0) is 4.79 Å². The molecule has 19 heavy (non-hydrogen) atoms. The van der Waals surface area contributed by atoms with Crippen LogP contribution in [-0.4, -0.2) is 33.7 Å². The zero-order chi connectivity index (χ0) is 13.9. The fraction of sp³-hybridized carbons (Fsp3) is 0.615. The summed E-state index contributed by atoms with van der Waals surface area (Å²) in [7, 11) is 0. The van der Waals surface area contributed by atoms with Gasteiger partial charge in [-0.25, -0.2) is 9.97 Å². The third-order valence-corrected chi connectivity index (χ3v) is 4.46. The number of nitrogens with one attached hydrogen (secondary N) is 1. The maximum absolute atomic E-state index is 11.9. The highest BCUT2D eigenvalue weighted by molar-refractivity contribution is 7.99. The van der Waals surface area contributed by atoms with E-state index in [-0.39, 0.29) is 5.91 Å². The lowest BCUT2D eigenvalue weighted by Gasteiger charge is -2.31. The Morgan fingerprint density at radius 1 is 1.63 bits per heavy atom. The van der Waals surface area contributed by atoms with Crippen LogP contribution in [0.15, 0.2) is 17.4 Å². The molecule has 0 spiro atoms. The molecule has 2 rings (SSSR count). The van der Waals surface area contributed by atoms with Gasteiger partial charge in [0.05, 0.1) is 0 Å². The number of thioether (sulfide) groups is 1. The number of aryl methyl sites for hydroxylation is 1. The van der Waals surface area contributed by atoms with Crippen molar-refractivity contribution in [2.45, 2.75) is 37.4 Å². The molecule has 1 aromatic heterocycles. The van der Waals surface area contributed by atoms with Gasteiger partial charge in [-0.15, -0.1) is 0 Å². The summed E-state index contributed by atoms with van der Waals surface area (Å²) in [5, 5.41) is 3.99. The van der Waals surface area contributed by atoms with E-state index < -0.39 is 5.54 Å². The topological polar surface area (TPSA) is 80.9 Å². The molecule has 6 heteroatoms. The highest BCUT2D eigenvalue weighted by Gasteiger charge is 2.49. The number of likely N-dealkylation sites (N-methyl/N-ethyl adjacent to an activating group) is 1. The van der Waals surface area contributed by atoms with Crippen LogP contribution in [0, 0.1) is 12.8 Å². The minimum absolute atomic E-state index is 0.267. The number of primary amides is 1. The van der Waals surface area contributed by atoms with Gasteiger partial charge in [0.2, 0.25) is 5.91 Å². The Morgan fingerprint density at radius 2 is 2.37 bits per heavy atom. The van der Waals surface area contributed by atoms with Gasteiger partial charge in [0.1, 0.15) is 5.54 Å². The second-order valence-electron chi connectivity index (χ2n) is 4.91. The highest BCUT2D eigenvalue weighted by Crippen LogP contribution is 2.42. The Bertz CT molecular complexity index is 464. The fourth-order valence-electron chi connectivity index (χ4n) is 2.24. The van der Waals surface area contributed by atoms with Gasteiger partial charge in [-0.3, -0.25) is 4.79 Å². The molecular weight excluding hydrogens is 260 g/mol. The number of nitrogens with zero attached hydrogens (tertiary/aromatic N) is 2. The summed E-state index contributed by atoms with van der Waals surface area (Å²) in [4.78, 5) is 20.4. The quantitative estimate of drug-likeness (QED) is 0.578. The van der Waals surface area contributed by atoms with E-state index in [1.54, 1.807) is 6.20 Å². The van der Waals surface area contributed by atoms with Gasteiger partial charge < -0.3 is 11.1 Å². The van der Waals surface area contributed by atoms with Gasteiger partial charge in [-0.1, -0.05) is 18.7 Å². The van der Waals surface area contributed by atoms with E-state index in [1.165, 1.54) is 11.8 Å². The number of carbonyl (C=O) groups excluding carboxylic acids is 1. The van der Waals surface area contributed by atoms with E-state index in [2.05, 4.69) is 15.3 Å². The molecule has 0 aromatic carbocycles. The van der Waals surface area contributed by atoms with Gasteiger partial charge >= 0.3 is 0 Å². The summed E-state index contributed by atoms with van der Waals surface area (Å²) in [6.45, 7) is 4.65. The first-order valence-electron chi connectivity index (χ1n) is 6.56. The SMILES string of the molecule is CCNC(CSc1nccc(C)n1)(C(N)=O)C1CC1. The zero-order valence-electron chi connectivity index (χ0n) is 11.3. The average Bonchev–Trinajstić information content (AvgIpc) is 3.19. The van der Waals surface area contributed by atoms with Gasteiger partial charge in [0.15, 0.2) is 5.16 Å². The van der Waals surface area contributed by atoms with Crippen molar-refractivity contribution >= 4 is 17.7 Å². The third-order valence-electron chi connectivity index (χ3n) is 3.41. The molecule has 3 N–H and O–H groups in total. The highest BCUT2D eigenvalue weighted by atomic mass is 32.2. The van der Waals surface area contributed by atoms with E-state index in [1.807, 2.05) is 19.9 Å². The molecule has 1 unspecified atom stereocenters. The zero-order valence-corrected chi connectivity index (χ0v) is 12.2. The summed E-state index contributed by atoms with van der Waals surface area (Å²) in [6.07, 6.45) is 3.86. The molecule has 0 bridgehead atoms. The van der Waals surface area contributed by atoms with Crippen LogP contribution >= 0.6 is 11.8 Å². The number of rotatable bonds is 7. The van der Waals surface area contributed by atoms with Crippen molar-refractivity contribution in [1.29, 1.82) is 0 Å². The first-order chi connectivity index (χ1) is 9.08. The molecule has 1 aliphatic carbocycles. The van der Waals surface area contributed by atoms with Crippen LogP contribution in [0.4, 0.5) is 0 Å². The van der Waals surface area contributed by atoms with Crippen LogP contribution in [0.2, 0.25) is 0 Å². The van der Waals surface area contributed by atoms with E-state index in [4.69, 9.17) is 5.73 Å². The molecule has 1 fully saturated rings. The Kier molecular flexibility index (Phi) is 4.42. The largest absolute Gasteiger partial charge is 0.368 e. The van der Waals surface area contributed by atoms with Crippen LogP contribution in [0.3, 0.4) is 0 Å². The van der Waals surface area contributed by atoms with E-state index in [0.29, 0.717) is 16.8 Å². The molecular formula is C13H20N4OS. The molecule has 1 atom stereocenters. The van der Waals surface area contributed by atoms with Crippen LogP contribution < -0.4 is 11.1 Å². The summed E-state index contributed by atoms with van der Waals surface area (Å²) >= 11 is 1.49. The molecule has 1 aromatic rings. The van der Waals surface area contributed by atoms with Crippen molar-refractivity contribution < 1.29 is 4.79 Å². The van der Waals surface area contributed by atoms with Crippen LogP contribution in [0.5, 0.6) is 0 Å². The fourth-order valence-corrected chi connectivity index (χ4v) is 3.42. The summed E-state index contributed by atoms with van der Waals surface area (Å²) in [5.41, 5.74) is 5.95. The van der Waals surface area contributed by atoms with Gasteiger partial charge in [0.25, 0.3) is 0 Å². The minimum Gasteiger partial charge on any atom is -0.368 e. The molecule has 1 aliphatic rings. The first kappa shape index (κ1) is 14.3. The molecule has 1 heterocycles. The van der Waals surface area contributed by atoms with Crippen LogP contribution in [0.1, 0.15) is 25.5 Å². The maximum Gasteiger partial charge on any atom is 0.238 e. The Hall–Kier alpha value is -1.14. The lowest BCUT2D eigenvalue weighted by Crippen LogP contribution is -2.59. The first-order valence-corrected chi connectivity index (χ1v) is 7.54. The number of nitrogens with two attached hydrogens (primary N) is 1. The molecule has 104 valence electrons. The molecule has 5 nitrogen and oxygen atoms in total. The smallest absolute Gasteiger partial charge is 0.238 e. The Balaban J connectivity index is 2.10. The number of hydrogen-bond acceptors (Lipinski definition) is 5. The third kappa shape index (κ3) is 3.25. The van der Waals surface area contributed by atoms with Crippen molar-refractivity contribution in [3.63, 3.8) is 0 Å². The predicted molar refractivity (Wildman–Crippen MR) is 75.8 cm³/mol. The number of amides is 1. The summed E-state index contributed by atoms with van der Waals surface area (Å²) in [6, 6.07) is 1.86. The van der Waals surface area contributed by atoms with E-state index >= 15 is 0 Å². The van der Waals surface area contributed by atoms with Gasteiger partial charge in [-0.05, 0) is 38.3 Å². The predicted octanol–water partition coefficient (Wildman–Crippen LogP) is 1.12. The normalized spacial score (nSPS) is 18.0. The lowest BCUT2D eigenvalue weighted by molar-refractivity contribution is -0.124. The minimum atomic E-state index is -0.619. The van der Waals surface area contributed by atoms with Crippen molar-refractivity contribution in [2.75, 3.05) is 12.3 Å². The Morgan fingerprint density at radius 3 is 2.89 bits per heavy atom. The number of carbonyl (C=O) groups is 1. The Labute approximate surface area is 117 Å². The second kappa shape index (κ2) is 5.88. The van der Waals surface area contributed by atoms with Gasteiger partial charge in [0, 0.05) is 17.6 Å². The molecule has 0 saturated heterocycles. The van der Waals surface area contributed by atoms with Crippen molar-refractivity contribution in [1.82, 2.24) is 15.3 Å². The van der Waals surface area contributed by atoms with Crippen molar-refractivity contribution in [3.05, 3.63) is 18.0 Å². The molecule has 0 radical (unpaired) electrons. The molecule has 1 amide bonds. The molecule has 0 aliphatic heterocycles. The average molecular weight is 280 g/mol. The van der Waals surface area contributed by atoms with Crippen LogP contribution in [0.25, 0.3) is 0 Å².